The van der Waals surface area contributed by atoms with Crippen molar-refractivity contribution in [1.29, 1.82) is 0 Å². The number of rotatable bonds is 3. The number of allylic oxidation sites excluding steroid dienone is 2. The molecule has 0 spiro atoms. The molecular formula is C11H12O. The van der Waals surface area contributed by atoms with E-state index in [1.54, 1.807) is 12.2 Å². The van der Waals surface area contributed by atoms with Gasteiger partial charge in [-0.15, -0.1) is 0 Å². The quantitative estimate of drug-likeness (QED) is 0.617. The van der Waals surface area contributed by atoms with Crippen LogP contribution in [0.25, 0.3) is 12.2 Å². The summed E-state index contributed by atoms with van der Waals surface area (Å²) in [6, 6.07) is 1.97. The molecule has 0 aliphatic carbocycles. The molecule has 0 aliphatic heterocycles. The summed E-state index contributed by atoms with van der Waals surface area (Å²) in [6.07, 6.45) is 7.25. The number of furan rings is 1. The molecule has 0 saturated carbocycles. The minimum Gasteiger partial charge on any atom is -0.461 e. The average Bonchev–Trinajstić information content (AvgIpc) is 2.42. The van der Waals surface area contributed by atoms with Gasteiger partial charge < -0.3 is 4.42 Å². The molecule has 1 aromatic rings. The highest BCUT2D eigenvalue weighted by atomic mass is 16.3. The van der Waals surface area contributed by atoms with Gasteiger partial charge in [0.1, 0.15) is 11.5 Å². The van der Waals surface area contributed by atoms with Crippen molar-refractivity contribution in [2.45, 2.75) is 6.92 Å². The van der Waals surface area contributed by atoms with Crippen molar-refractivity contribution in [2.24, 2.45) is 0 Å². The van der Waals surface area contributed by atoms with Gasteiger partial charge in [-0.05, 0) is 19.1 Å². The van der Waals surface area contributed by atoms with E-state index in [0.717, 1.165) is 17.1 Å². The molecule has 0 N–H and O–H groups in total. The van der Waals surface area contributed by atoms with Crippen molar-refractivity contribution in [3.63, 3.8) is 0 Å². The van der Waals surface area contributed by atoms with E-state index in [-0.39, 0.29) is 0 Å². The lowest BCUT2D eigenvalue weighted by Gasteiger charge is -1.86. The van der Waals surface area contributed by atoms with Crippen LogP contribution in [0, 0.1) is 6.92 Å². The molecular weight excluding hydrogens is 148 g/mol. The number of hydrogen-bond acceptors (Lipinski definition) is 1. The van der Waals surface area contributed by atoms with Gasteiger partial charge in [-0.1, -0.05) is 31.4 Å². The third-order valence-electron chi connectivity index (χ3n) is 1.51. The van der Waals surface area contributed by atoms with Crippen molar-refractivity contribution in [2.75, 3.05) is 0 Å². The van der Waals surface area contributed by atoms with E-state index in [1.165, 1.54) is 0 Å². The monoisotopic (exact) mass is 160 g/mol. The van der Waals surface area contributed by atoms with Crippen molar-refractivity contribution in [1.82, 2.24) is 0 Å². The fourth-order valence-electron chi connectivity index (χ4n) is 1.01. The molecule has 62 valence electrons. The lowest BCUT2D eigenvalue weighted by Crippen LogP contribution is -1.67. The van der Waals surface area contributed by atoms with Gasteiger partial charge in [-0.2, -0.15) is 0 Å². The van der Waals surface area contributed by atoms with E-state index in [9.17, 15) is 0 Å². The standard InChI is InChI=1S/C11H12O/c1-4-6-7-10-8-9(3)12-11(10)5-2/h4-8H,1-2H2,3H3/b7-6-. The first kappa shape index (κ1) is 8.60. The maximum atomic E-state index is 5.36. The molecule has 0 fully saturated rings. The molecule has 1 heteroatoms. The minimum atomic E-state index is 0.811. The highest BCUT2D eigenvalue weighted by molar-refractivity contribution is 5.61. The van der Waals surface area contributed by atoms with Gasteiger partial charge in [-0.25, -0.2) is 0 Å². The van der Waals surface area contributed by atoms with E-state index in [2.05, 4.69) is 13.2 Å². The Bertz CT molecular complexity index is 316. The zero-order chi connectivity index (χ0) is 8.97. The number of aryl methyl sites for hydroxylation is 1. The van der Waals surface area contributed by atoms with E-state index in [0.29, 0.717) is 0 Å². The van der Waals surface area contributed by atoms with Crippen LogP contribution >= 0.6 is 0 Å². The Morgan fingerprint density at radius 3 is 2.75 bits per heavy atom. The molecule has 1 heterocycles. The Morgan fingerprint density at radius 1 is 1.42 bits per heavy atom. The SMILES string of the molecule is C=C/C=C\c1cc(C)oc1C=C. The lowest BCUT2D eigenvalue weighted by atomic mass is 10.2. The topological polar surface area (TPSA) is 13.1 Å². The molecule has 0 aliphatic rings. The fourth-order valence-corrected chi connectivity index (χ4v) is 1.01. The van der Waals surface area contributed by atoms with Crippen LogP contribution in [0.5, 0.6) is 0 Å². The Balaban J connectivity index is 3.04. The molecule has 0 aromatic carbocycles. The molecule has 0 unspecified atom stereocenters. The van der Waals surface area contributed by atoms with Crippen LogP contribution in [0.4, 0.5) is 0 Å². The normalized spacial score (nSPS) is 10.4. The third-order valence-corrected chi connectivity index (χ3v) is 1.51. The Kier molecular flexibility index (Phi) is 2.70. The third kappa shape index (κ3) is 1.76. The van der Waals surface area contributed by atoms with Crippen LogP contribution in [-0.2, 0) is 0 Å². The van der Waals surface area contributed by atoms with E-state index >= 15 is 0 Å². The molecule has 0 amide bonds. The first-order valence-corrected chi connectivity index (χ1v) is 3.80. The van der Waals surface area contributed by atoms with Crippen molar-refractivity contribution >= 4 is 12.2 Å². The fraction of sp³-hybridized carbons (Fsp3) is 0.0909. The number of hydrogen-bond donors (Lipinski definition) is 0. The van der Waals surface area contributed by atoms with Crippen molar-refractivity contribution < 1.29 is 4.42 Å². The Labute approximate surface area is 72.7 Å². The summed E-state index contributed by atoms with van der Waals surface area (Å²) >= 11 is 0. The second-order valence-corrected chi connectivity index (χ2v) is 2.48. The van der Waals surface area contributed by atoms with Gasteiger partial charge in [0.05, 0.1) is 0 Å². The van der Waals surface area contributed by atoms with Crippen molar-refractivity contribution in [3.8, 4) is 0 Å². The molecule has 1 aromatic heterocycles. The van der Waals surface area contributed by atoms with Gasteiger partial charge in [-0.3, -0.25) is 0 Å². The predicted molar refractivity (Wildman–Crippen MR) is 52.8 cm³/mol. The summed E-state index contributed by atoms with van der Waals surface area (Å²) in [6.45, 7) is 9.17. The summed E-state index contributed by atoms with van der Waals surface area (Å²) in [5, 5.41) is 0. The van der Waals surface area contributed by atoms with Gasteiger partial charge in [0.25, 0.3) is 0 Å². The maximum Gasteiger partial charge on any atom is 0.133 e. The highest BCUT2D eigenvalue weighted by Gasteiger charge is 2.00. The second-order valence-electron chi connectivity index (χ2n) is 2.48. The van der Waals surface area contributed by atoms with Crippen LogP contribution < -0.4 is 0 Å². The summed E-state index contributed by atoms with van der Waals surface area (Å²) in [5.41, 5.74) is 1.04. The largest absolute Gasteiger partial charge is 0.461 e. The summed E-state index contributed by atoms with van der Waals surface area (Å²) in [7, 11) is 0. The molecule has 0 bridgehead atoms. The van der Waals surface area contributed by atoms with Crippen LogP contribution in [0.15, 0.2) is 35.8 Å². The predicted octanol–water partition coefficient (Wildman–Crippen LogP) is 3.43. The molecule has 1 nitrogen and oxygen atoms in total. The molecule has 0 radical (unpaired) electrons. The van der Waals surface area contributed by atoms with Crippen LogP contribution in [0.1, 0.15) is 17.1 Å². The van der Waals surface area contributed by atoms with Gasteiger partial charge in [0.2, 0.25) is 0 Å². The summed E-state index contributed by atoms with van der Waals surface area (Å²) in [4.78, 5) is 0. The van der Waals surface area contributed by atoms with E-state index < -0.39 is 0 Å². The summed E-state index contributed by atoms with van der Waals surface area (Å²) in [5.74, 6) is 1.71. The van der Waals surface area contributed by atoms with Crippen LogP contribution in [-0.4, -0.2) is 0 Å². The molecule has 12 heavy (non-hydrogen) atoms. The van der Waals surface area contributed by atoms with Crippen LogP contribution in [0.2, 0.25) is 0 Å². The smallest absolute Gasteiger partial charge is 0.133 e. The zero-order valence-corrected chi connectivity index (χ0v) is 7.21. The van der Waals surface area contributed by atoms with Crippen molar-refractivity contribution in [3.05, 3.63) is 48.5 Å². The van der Waals surface area contributed by atoms with E-state index in [1.807, 2.05) is 25.1 Å². The van der Waals surface area contributed by atoms with Gasteiger partial charge in [0.15, 0.2) is 0 Å². The zero-order valence-electron chi connectivity index (χ0n) is 7.21. The average molecular weight is 160 g/mol. The lowest BCUT2D eigenvalue weighted by molar-refractivity contribution is 0.524. The Hall–Kier alpha value is -1.50. The van der Waals surface area contributed by atoms with Gasteiger partial charge in [0, 0.05) is 5.56 Å². The molecule has 0 atom stereocenters. The second kappa shape index (κ2) is 3.77. The first-order valence-electron chi connectivity index (χ1n) is 3.80. The molecule has 0 saturated heterocycles. The van der Waals surface area contributed by atoms with E-state index in [4.69, 9.17) is 4.42 Å². The Morgan fingerprint density at radius 2 is 2.17 bits per heavy atom. The van der Waals surface area contributed by atoms with Gasteiger partial charge >= 0.3 is 0 Å². The molecule has 1 rings (SSSR count). The summed E-state index contributed by atoms with van der Waals surface area (Å²) < 4.78 is 5.36. The maximum absolute atomic E-state index is 5.36. The minimum absolute atomic E-state index is 0.811. The highest BCUT2D eigenvalue weighted by Crippen LogP contribution is 2.17. The van der Waals surface area contributed by atoms with Crippen LogP contribution in [0.3, 0.4) is 0 Å². The first-order chi connectivity index (χ1) is 5.77.